The predicted molar refractivity (Wildman–Crippen MR) is 111 cm³/mol. The van der Waals surface area contributed by atoms with E-state index >= 15 is 0 Å². The van der Waals surface area contributed by atoms with Crippen molar-refractivity contribution in [2.24, 2.45) is 0 Å². The Bertz CT molecular complexity index is 814. The van der Waals surface area contributed by atoms with Crippen LogP contribution < -0.4 is 9.47 Å². The van der Waals surface area contributed by atoms with Gasteiger partial charge in [0, 0.05) is 18.0 Å². The van der Waals surface area contributed by atoms with E-state index in [1.54, 1.807) is 28.4 Å². The molecule has 1 heterocycles. The number of rotatable bonds is 8. The van der Waals surface area contributed by atoms with Gasteiger partial charge >= 0.3 is 0 Å². The third kappa shape index (κ3) is 5.32. The summed E-state index contributed by atoms with van der Waals surface area (Å²) in [6.07, 6.45) is 3.39. The van der Waals surface area contributed by atoms with Crippen molar-refractivity contribution in [1.29, 1.82) is 0 Å². The number of hydrogen-bond acceptors (Lipinski definition) is 5. The number of benzene rings is 1. The molecule has 6 heteroatoms. The standard InChI is InChI=1S/C21H28N2O3S/c1-7-25-18-11-9-17(13-19(18)26-8-2)10-12-20(24)23(6)15(4)21-14(3)22-16(5)27-21/h9-13,15H,7-8H2,1-6H3/b12-10+. The van der Waals surface area contributed by atoms with Crippen LogP contribution in [-0.2, 0) is 4.79 Å². The van der Waals surface area contributed by atoms with Crippen LogP contribution in [0.4, 0.5) is 0 Å². The highest BCUT2D eigenvalue weighted by molar-refractivity contribution is 7.11. The molecular weight excluding hydrogens is 360 g/mol. The normalized spacial score (nSPS) is 12.2. The highest BCUT2D eigenvalue weighted by Crippen LogP contribution is 2.30. The van der Waals surface area contributed by atoms with E-state index in [-0.39, 0.29) is 11.9 Å². The van der Waals surface area contributed by atoms with Gasteiger partial charge in [0.15, 0.2) is 11.5 Å². The number of amides is 1. The Morgan fingerprint density at radius 2 is 1.89 bits per heavy atom. The number of thiazole rings is 1. The van der Waals surface area contributed by atoms with Crippen molar-refractivity contribution < 1.29 is 14.3 Å². The Kier molecular flexibility index (Phi) is 7.42. The summed E-state index contributed by atoms with van der Waals surface area (Å²) in [5.41, 5.74) is 1.88. The Balaban J connectivity index is 2.13. The minimum atomic E-state index is -0.0557. The summed E-state index contributed by atoms with van der Waals surface area (Å²) >= 11 is 1.64. The second-order valence-electron chi connectivity index (χ2n) is 6.21. The van der Waals surface area contributed by atoms with Gasteiger partial charge in [0.05, 0.1) is 30.0 Å². The third-order valence-corrected chi connectivity index (χ3v) is 5.48. The first kappa shape index (κ1) is 21.0. The van der Waals surface area contributed by atoms with Crippen molar-refractivity contribution >= 4 is 23.3 Å². The molecule has 27 heavy (non-hydrogen) atoms. The van der Waals surface area contributed by atoms with Crippen molar-refractivity contribution in [3.05, 3.63) is 45.4 Å². The summed E-state index contributed by atoms with van der Waals surface area (Å²) in [5, 5.41) is 1.02. The van der Waals surface area contributed by atoms with Gasteiger partial charge in [-0.2, -0.15) is 0 Å². The maximum absolute atomic E-state index is 12.6. The average molecular weight is 389 g/mol. The van der Waals surface area contributed by atoms with E-state index in [2.05, 4.69) is 4.98 Å². The minimum Gasteiger partial charge on any atom is -0.490 e. The van der Waals surface area contributed by atoms with Crippen molar-refractivity contribution in [1.82, 2.24) is 9.88 Å². The maximum Gasteiger partial charge on any atom is 0.246 e. The number of ether oxygens (including phenoxy) is 2. The summed E-state index contributed by atoms with van der Waals surface area (Å²) in [4.78, 5) is 19.9. The zero-order valence-corrected chi connectivity index (χ0v) is 17.7. The van der Waals surface area contributed by atoms with Crippen LogP contribution in [-0.4, -0.2) is 36.1 Å². The zero-order chi connectivity index (χ0) is 20.0. The van der Waals surface area contributed by atoms with Gasteiger partial charge in [-0.1, -0.05) is 6.07 Å². The van der Waals surface area contributed by atoms with Gasteiger partial charge in [-0.3, -0.25) is 4.79 Å². The first-order valence-corrected chi connectivity index (χ1v) is 9.97. The van der Waals surface area contributed by atoms with E-state index in [0.717, 1.165) is 21.1 Å². The van der Waals surface area contributed by atoms with E-state index in [4.69, 9.17) is 9.47 Å². The fraction of sp³-hybridized carbons (Fsp3) is 0.429. The topological polar surface area (TPSA) is 51.7 Å². The van der Waals surface area contributed by atoms with E-state index in [1.165, 1.54) is 0 Å². The molecule has 146 valence electrons. The number of aryl methyl sites for hydroxylation is 2. The van der Waals surface area contributed by atoms with Gasteiger partial charge in [-0.05, 0) is 58.4 Å². The molecule has 2 rings (SSSR count). The zero-order valence-electron chi connectivity index (χ0n) is 16.9. The van der Waals surface area contributed by atoms with Crippen molar-refractivity contribution in [2.75, 3.05) is 20.3 Å². The molecular formula is C21H28N2O3S. The van der Waals surface area contributed by atoms with Crippen LogP contribution in [0.2, 0.25) is 0 Å². The van der Waals surface area contributed by atoms with E-state index in [0.29, 0.717) is 24.7 Å². The molecule has 0 aliphatic heterocycles. The molecule has 1 aromatic carbocycles. The van der Waals surface area contributed by atoms with Gasteiger partial charge in [-0.15, -0.1) is 11.3 Å². The molecule has 0 aliphatic carbocycles. The summed E-state index contributed by atoms with van der Waals surface area (Å²) in [6, 6.07) is 5.65. The second kappa shape index (κ2) is 9.55. The lowest BCUT2D eigenvalue weighted by molar-refractivity contribution is -0.126. The SMILES string of the molecule is CCOc1ccc(/C=C/C(=O)N(C)C(C)c2sc(C)nc2C)cc1OCC. The van der Waals surface area contributed by atoms with Gasteiger partial charge in [0.1, 0.15) is 0 Å². The summed E-state index contributed by atoms with van der Waals surface area (Å²) in [6.45, 7) is 11.0. The largest absolute Gasteiger partial charge is 0.490 e. The van der Waals surface area contributed by atoms with E-state index in [1.807, 2.05) is 59.9 Å². The molecule has 1 unspecified atom stereocenters. The fourth-order valence-electron chi connectivity index (χ4n) is 2.76. The Morgan fingerprint density at radius 1 is 1.22 bits per heavy atom. The summed E-state index contributed by atoms with van der Waals surface area (Å²) in [5.74, 6) is 1.34. The fourth-order valence-corrected chi connectivity index (χ4v) is 3.78. The smallest absolute Gasteiger partial charge is 0.246 e. The third-order valence-electron chi connectivity index (χ3n) is 4.23. The van der Waals surface area contributed by atoms with E-state index < -0.39 is 0 Å². The highest BCUT2D eigenvalue weighted by Gasteiger charge is 2.20. The molecule has 1 aromatic heterocycles. The number of carbonyl (C=O) groups excluding carboxylic acids is 1. The van der Waals surface area contributed by atoms with Crippen LogP contribution in [0.5, 0.6) is 11.5 Å². The van der Waals surface area contributed by atoms with Crippen LogP contribution in [0.15, 0.2) is 24.3 Å². The average Bonchev–Trinajstić information content (AvgIpc) is 2.98. The molecule has 0 radical (unpaired) electrons. The Labute approximate surface area is 165 Å². The lowest BCUT2D eigenvalue weighted by Gasteiger charge is -2.23. The molecule has 1 amide bonds. The van der Waals surface area contributed by atoms with Crippen LogP contribution in [0.3, 0.4) is 0 Å². The Hall–Kier alpha value is -2.34. The molecule has 0 bridgehead atoms. The van der Waals surface area contributed by atoms with E-state index in [9.17, 15) is 4.79 Å². The molecule has 0 aliphatic rings. The first-order valence-electron chi connectivity index (χ1n) is 9.15. The number of nitrogens with zero attached hydrogens (tertiary/aromatic N) is 2. The van der Waals surface area contributed by atoms with Crippen LogP contribution in [0, 0.1) is 13.8 Å². The van der Waals surface area contributed by atoms with Crippen molar-refractivity contribution in [3.8, 4) is 11.5 Å². The molecule has 0 N–H and O–H groups in total. The first-order chi connectivity index (χ1) is 12.9. The molecule has 0 saturated heterocycles. The second-order valence-corrected chi connectivity index (χ2v) is 7.45. The molecule has 0 spiro atoms. The number of aromatic nitrogens is 1. The van der Waals surface area contributed by atoms with Crippen molar-refractivity contribution in [3.63, 3.8) is 0 Å². The summed E-state index contributed by atoms with van der Waals surface area (Å²) in [7, 11) is 1.82. The van der Waals surface area contributed by atoms with Gasteiger partial charge in [0.25, 0.3) is 0 Å². The maximum atomic E-state index is 12.6. The lowest BCUT2D eigenvalue weighted by atomic mass is 10.1. The van der Waals surface area contributed by atoms with Crippen LogP contribution in [0.1, 0.15) is 48.0 Å². The van der Waals surface area contributed by atoms with Gasteiger partial charge in [-0.25, -0.2) is 4.98 Å². The molecule has 5 nitrogen and oxygen atoms in total. The molecule has 2 aromatic rings. The van der Waals surface area contributed by atoms with Crippen LogP contribution in [0.25, 0.3) is 6.08 Å². The number of likely N-dealkylation sites (N-methyl/N-ethyl adjacent to an activating group) is 1. The highest BCUT2D eigenvalue weighted by atomic mass is 32.1. The lowest BCUT2D eigenvalue weighted by Crippen LogP contribution is -2.27. The molecule has 0 saturated carbocycles. The Morgan fingerprint density at radius 3 is 2.48 bits per heavy atom. The van der Waals surface area contributed by atoms with Gasteiger partial charge in [0.2, 0.25) is 5.91 Å². The number of carbonyl (C=O) groups is 1. The quantitative estimate of drug-likeness (QED) is 0.610. The van der Waals surface area contributed by atoms with Gasteiger partial charge < -0.3 is 14.4 Å². The van der Waals surface area contributed by atoms with Crippen LogP contribution >= 0.6 is 11.3 Å². The number of hydrogen-bond donors (Lipinski definition) is 0. The minimum absolute atomic E-state index is 0.0207. The predicted octanol–water partition coefficient (Wildman–Crippen LogP) is 4.79. The molecule has 0 fully saturated rings. The molecule has 1 atom stereocenters. The monoisotopic (exact) mass is 388 g/mol. The van der Waals surface area contributed by atoms with Crippen molar-refractivity contribution in [2.45, 2.75) is 40.7 Å². The summed E-state index contributed by atoms with van der Waals surface area (Å²) < 4.78 is 11.2.